The summed E-state index contributed by atoms with van der Waals surface area (Å²) in [4.78, 5) is 43.7. The third-order valence-corrected chi connectivity index (χ3v) is 15.0. The first-order chi connectivity index (χ1) is 27.0. The minimum absolute atomic E-state index is 0.0221. The maximum atomic E-state index is 13.6. The molecule has 0 radical (unpaired) electrons. The van der Waals surface area contributed by atoms with Gasteiger partial charge in [0.25, 0.3) is 17.7 Å². The Labute approximate surface area is 334 Å². The number of imide groups is 1. The van der Waals surface area contributed by atoms with E-state index in [2.05, 4.69) is 9.62 Å². The van der Waals surface area contributed by atoms with Gasteiger partial charge in [-0.05, 0) is 123 Å². The van der Waals surface area contributed by atoms with Gasteiger partial charge in [-0.3, -0.25) is 19.3 Å². The van der Waals surface area contributed by atoms with Crippen LogP contribution in [0.1, 0.15) is 101 Å². The summed E-state index contributed by atoms with van der Waals surface area (Å²) in [6.45, 7) is 5.71. The number of rotatable bonds is 2. The van der Waals surface area contributed by atoms with Gasteiger partial charge in [-0.15, -0.1) is 0 Å². The number of nitrogens with one attached hydrogen (secondary N) is 1. The van der Waals surface area contributed by atoms with Gasteiger partial charge in [0.05, 0.1) is 41.3 Å². The first-order valence-corrected chi connectivity index (χ1v) is 22.0. The first kappa shape index (κ1) is 38.9. The molecule has 0 aromatic heterocycles. The summed E-state index contributed by atoms with van der Waals surface area (Å²) in [5.41, 5.74) is 4.03. The van der Waals surface area contributed by atoms with Crippen molar-refractivity contribution in [2.24, 2.45) is 23.7 Å². The Morgan fingerprint density at radius 3 is 2.27 bits per heavy atom. The maximum Gasteiger partial charge on any atom is 0.264 e. The van der Waals surface area contributed by atoms with Gasteiger partial charge >= 0.3 is 0 Å². The number of ether oxygens (including phenoxy) is 3. The second kappa shape index (κ2) is 16.1. The fourth-order valence-corrected chi connectivity index (χ4v) is 10.7. The molecular formula is C43H50ClN3O8S. The number of hydrogen-bond donors (Lipinski definition) is 1. The molecule has 56 heavy (non-hydrogen) atoms. The lowest BCUT2D eigenvalue weighted by molar-refractivity contribution is -0.237. The fraction of sp³-hybridized carbons (Fsp3) is 0.512. The molecule has 1 N–H and O–H groups in total. The predicted octanol–water partition coefficient (Wildman–Crippen LogP) is 7.01. The van der Waals surface area contributed by atoms with Crippen molar-refractivity contribution in [1.29, 1.82) is 0 Å². The third-order valence-electron chi connectivity index (χ3n) is 12.9. The van der Waals surface area contributed by atoms with Crippen LogP contribution in [0.25, 0.3) is 0 Å². The standard InChI is InChI=1S/C43H50ClN3O8S/c1-26-8-7-12-37(43-54-24-33(25-55-43)47-41(49)35-10-3-4-11-36(35)42(47)50)34-17-14-30(34)22-46-19-6-5-9-28-20-32(44)16-13-31(28)23-53-39-18-15-29(21-38(39)46)40(48)45-56(51,52)27(26)2/h3-4,10-11,13,15-16,18,20-21,26-27,30,33-34,37,43H,5-9,12,14,17,19,22-25H2,1-2H3,(H,45,48)/t26-,27+,30-,33?,34+,37-,43?/m0/s1. The summed E-state index contributed by atoms with van der Waals surface area (Å²) < 4.78 is 49.0. The van der Waals surface area contributed by atoms with Gasteiger partial charge in [0, 0.05) is 29.6 Å². The number of anilines is 1. The highest BCUT2D eigenvalue weighted by atomic mass is 35.5. The molecule has 4 heterocycles. The van der Waals surface area contributed by atoms with Crippen LogP contribution in [0.15, 0.2) is 60.7 Å². The topological polar surface area (TPSA) is 132 Å². The van der Waals surface area contributed by atoms with Gasteiger partial charge in [0.15, 0.2) is 6.29 Å². The zero-order valence-electron chi connectivity index (χ0n) is 32.0. The quantitative estimate of drug-likeness (QED) is 0.272. The lowest BCUT2D eigenvalue weighted by atomic mass is 9.65. The van der Waals surface area contributed by atoms with Crippen LogP contribution < -0.4 is 14.4 Å². The van der Waals surface area contributed by atoms with Gasteiger partial charge in [-0.25, -0.2) is 13.1 Å². The van der Waals surface area contributed by atoms with E-state index in [0.717, 1.165) is 74.8 Å². The van der Waals surface area contributed by atoms with Crippen molar-refractivity contribution in [1.82, 2.24) is 9.62 Å². The largest absolute Gasteiger partial charge is 0.487 e. The van der Waals surface area contributed by atoms with Crippen molar-refractivity contribution < 1.29 is 37.0 Å². The van der Waals surface area contributed by atoms with E-state index in [0.29, 0.717) is 40.8 Å². The minimum atomic E-state index is -3.99. The van der Waals surface area contributed by atoms with Crippen LogP contribution >= 0.6 is 11.6 Å². The van der Waals surface area contributed by atoms with E-state index in [9.17, 15) is 22.8 Å². The van der Waals surface area contributed by atoms with Gasteiger partial charge < -0.3 is 19.1 Å². The van der Waals surface area contributed by atoms with Crippen LogP contribution in [0.3, 0.4) is 0 Å². The number of fused-ring (bicyclic) bond motifs is 4. The Kier molecular flexibility index (Phi) is 11.2. The Hall–Kier alpha value is -3.97. The number of halogens is 1. The molecule has 1 saturated heterocycles. The monoisotopic (exact) mass is 803 g/mol. The molecule has 3 aromatic carbocycles. The van der Waals surface area contributed by atoms with E-state index in [-0.39, 0.29) is 48.3 Å². The van der Waals surface area contributed by atoms with Crippen molar-refractivity contribution in [2.45, 2.75) is 89.4 Å². The number of carbonyl (C=O) groups excluding carboxylic acids is 3. The van der Waals surface area contributed by atoms with Gasteiger partial charge in [0.2, 0.25) is 10.0 Å². The summed E-state index contributed by atoms with van der Waals surface area (Å²) in [6.07, 6.45) is 6.32. The SMILES string of the molecule is C[C@@H]1[C@@H](C)CCC[C@H](C2OCC(N3C(=O)c4ccccc4C3=O)CO2)[C@@H]2CC[C@H]2CN2CCCCc3cc(Cl)ccc3COc3ccc(cc32)C(=O)NS1(=O)=O. The van der Waals surface area contributed by atoms with E-state index in [1.807, 2.05) is 25.1 Å². The molecular weight excluding hydrogens is 754 g/mol. The maximum absolute atomic E-state index is 13.6. The molecule has 0 unspecified atom stereocenters. The fourth-order valence-electron chi connectivity index (χ4n) is 9.24. The molecule has 11 nitrogen and oxygen atoms in total. The number of aryl methyl sites for hydroxylation is 1. The van der Waals surface area contributed by atoms with Crippen LogP contribution in [0.2, 0.25) is 5.02 Å². The Morgan fingerprint density at radius 2 is 1.55 bits per heavy atom. The van der Waals surface area contributed by atoms with Crippen LogP contribution in [0.4, 0.5) is 5.69 Å². The number of sulfonamides is 1. The van der Waals surface area contributed by atoms with Crippen molar-refractivity contribution in [3.05, 3.63) is 93.5 Å². The second-order valence-electron chi connectivity index (χ2n) is 16.3. The second-order valence-corrected chi connectivity index (χ2v) is 18.7. The summed E-state index contributed by atoms with van der Waals surface area (Å²) in [6, 6.07) is 17.4. The minimum Gasteiger partial charge on any atom is -0.487 e. The Balaban J connectivity index is 1.08. The van der Waals surface area contributed by atoms with E-state index in [1.165, 1.54) is 4.90 Å². The van der Waals surface area contributed by atoms with Crippen molar-refractivity contribution in [2.75, 3.05) is 31.2 Å². The van der Waals surface area contributed by atoms with E-state index < -0.39 is 33.5 Å². The number of nitrogens with zero attached hydrogens (tertiary/aromatic N) is 2. The molecule has 1 saturated carbocycles. The molecule has 3 amide bonds. The highest BCUT2D eigenvalue weighted by Gasteiger charge is 2.46. The lowest BCUT2D eigenvalue weighted by Gasteiger charge is -2.48. The molecule has 5 aliphatic rings. The zero-order chi connectivity index (χ0) is 39.1. The van der Waals surface area contributed by atoms with Crippen molar-refractivity contribution in [3.63, 3.8) is 0 Å². The van der Waals surface area contributed by atoms with Crippen LogP contribution in [0, 0.1) is 23.7 Å². The third kappa shape index (κ3) is 7.69. The van der Waals surface area contributed by atoms with Crippen LogP contribution in [-0.2, 0) is 32.5 Å². The first-order valence-electron chi connectivity index (χ1n) is 20.0. The van der Waals surface area contributed by atoms with Crippen LogP contribution in [0.5, 0.6) is 5.75 Å². The molecule has 1 aliphatic carbocycles. The normalized spacial score (nSPS) is 29.8. The molecule has 2 bridgehead atoms. The summed E-state index contributed by atoms with van der Waals surface area (Å²) in [5.74, 6) is -0.301. The average Bonchev–Trinajstić information content (AvgIpc) is 3.42. The highest BCUT2D eigenvalue weighted by molar-refractivity contribution is 7.90. The highest BCUT2D eigenvalue weighted by Crippen LogP contribution is 2.46. The van der Waals surface area contributed by atoms with Gasteiger partial charge in [-0.2, -0.15) is 0 Å². The van der Waals surface area contributed by atoms with E-state index in [4.69, 9.17) is 25.8 Å². The van der Waals surface area contributed by atoms with Crippen LogP contribution in [-0.4, -0.2) is 74.9 Å². The molecule has 8 rings (SSSR count). The molecule has 13 heteroatoms. The lowest BCUT2D eigenvalue weighted by Crippen LogP contribution is -2.53. The average molecular weight is 804 g/mol. The molecule has 5 atom stereocenters. The molecule has 3 aromatic rings. The Bertz CT molecular complexity index is 2070. The summed E-state index contributed by atoms with van der Waals surface area (Å²) in [5, 5.41) is -0.111. The number of amides is 3. The van der Waals surface area contributed by atoms with E-state index in [1.54, 1.807) is 49.4 Å². The zero-order valence-corrected chi connectivity index (χ0v) is 33.5. The Morgan fingerprint density at radius 1 is 0.804 bits per heavy atom. The van der Waals surface area contributed by atoms with Gasteiger partial charge in [-0.1, -0.05) is 43.1 Å². The number of benzene rings is 3. The number of hydrogen-bond acceptors (Lipinski definition) is 9. The molecule has 298 valence electrons. The van der Waals surface area contributed by atoms with Crippen molar-refractivity contribution in [3.8, 4) is 5.75 Å². The van der Waals surface area contributed by atoms with Gasteiger partial charge in [0.1, 0.15) is 12.4 Å². The molecule has 4 aliphatic heterocycles. The summed E-state index contributed by atoms with van der Waals surface area (Å²) in [7, 11) is -3.99. The molecule has 2 fully saturated rings. The molecule has 0 spiro atoms. The smallest absolute Gasteiger partial charge is 0.264 e. The summed E-state index contributed by atoms with van der Waals surface area (Å²) >= 11 is 6.39. The number of carbonyl (C=O) groups is 3. The van der Waals surface area contributed by atoms with E-state index >= 15 is 0 Å². The van der Waals surface area contributed by atoms with Crippen molar-refractivity contribution >= 4 is 45.0 Å². The predicted molar refractivity (Wildman–Crippen MR) is 212 cm³/mol.